The summed E-state index contributed by atoms with van der Waals surface area (Å²) in [6, 6.07) is 17.4. The van der Waals surface area contributed by atoms with Gasteiger partial charge >= 0.3 is 0 Å². The molecule has 0 aliphatic carbocycles. The highest BCUT2D eigenvalue weighted by Crippen LogP contribution is 2.28. The van der Waals surface area contributed by atoms with Crippen LogP contribution in [0.3, 0.4) is 0 Å². The highest BCUT2D eigenvalue weighted by Gasteiger charge is 2.10. The first-order valence-electron chi connectivity index (χ1n) is 8.70. The molecule has 0 amide bonds. The Kier molecular flexibility index (Phi) is 5.52. The van der Waals surface area contributed by atoms with Crippen molar-refractivity contribution in [2.24, 2.45) is 0 Å². The largest absolute Gasteiger partial charge is 0.248 e. The van der Waals surface area contributed by atoms with E-state index >= 15 is 0 Å². The molecule has 0 unspecified atom stereocenters. The summed E-state index contributed by atoms with van der Waals surface area (Å²) >= 11 is 5.81. The number of fused-ring (bicyclic) bond motifs is 1. The van der Waals surface area contributed by atoms with Gasteiger partial charge in [0.2, 0.25) is 0 Å². The molecule has 1 aromatic heterocycles. The summed E-state index contributed by atoms with van der Waals surface area (Å²) in [5, 5.41) is 1.22. The van der Waals surface area contributed by atoms with E-state index in [-0.39, 0.29) is 0 Å². The lowest BCUT2D eigenvalue weighted by molar-refractivity contribution is 0.720. The first-order chi connectivity index (χ1) is 11.7. The molecule has 124 valence electrons. The van der Waals surface area contributed by atoms with Crippen LogP contribution in [0.2, 0.25) is 0 Å². The standard InChI is InChI=1S/C22H24ClN/c1-16-12-17(2)14-20(13-16)22-19(9-4-3-7-11-23)15-18-8-5-6-10-21(18)24-22/h5-6,8,10,12-15H,3-4,7,9,11H2,1-2H3. The lowest BCUT2D eigenvalue weighted by Gasteiger charge is -2.12. The van der Waals surface area contributed by atoms with E-state index in [1.54, 1.807) is 0 Å². The molecule has 1 nitrogen and oxygen atoms in total. The molecule has 1 heterocycles. The Morgan fingerprint density at radius 1 is 0.875 bits per heavy atom. The van der Waals surface area contributed by atoms with Crippen LogP contribution in [0.4, 0.5) is 0 Å². The SMILES string of the molecule is Cc1cc(C)cc(-c2nc3ccccc3cc2CCCCCCl)c1. The molecular weight excluding hydrogens is 314 g/mol. The van der Waals surface area contributed by atoms with Crippen molar-refractivity contribution >= 4 is 22.5 Å². The Bertz CT molecular complexity index is 818. The molecule has 0 saturated carbocycles. The van der Waals surface area contributed by atoms with Crippen molar-refractivity contribution in [1.29, 1.82) is 0 Å². The Morgan fingerprint density at radius 2 is 1.62 bits per heavy atom. The molecule has 2 heteroatoms. The maximum atomic E-state index is 5.81. The van der Waals surface area contributed by atoms with Crippen LogP contribution in [0.15, 0.2) is 48.5 Å². The average molecular weight is 338 g/mol. The second-order valence-electron chi connectivity index (χ2n) is 6.56. The van der Waals surface area contributed by atoms with Gasteiger partial charge in [0.15, 0.2) is 0 Å². The average Bonchev–Trinajstić information content (AvgIpc) is 2.57. The third-order valence-electron chi connectivity index (χ3n) is 4.38. The Morgan fingerprint density at radius 3 is 2.38 bits per heavy atom. The molecule has 0 aliphatic heterocycles. The molecular formula is C22H24ClN. The van der Waals surface area contributed by atoms with Crippen molar-refractivity contribution in [2.75, 3.05) is 5.88 Å². The van der Waals surface area contributed by atoms with E-state index in [1.807, 2.05) is 0 Å². The number of hydrogen-bond acceptors (Lipinski definition) is 1. The predicted molar refractivity (Wildman–Crippen MR) is 105 cm³/mol. The summed E-state index contributed by atoms with van der Waals surface area (Å²) in [4.78, 5) is 5.00. The van der Waals surface area contributed by atoms with Crippen molar-refractivity contribution in [3.63, 3.8) is 0 Å². The molecule has 0 aliphatic rings. The van der Waals surface area contributed by atoms with Gasteiger partial charge in [0.05, 0.1) is 11.2 Å². The van der Waals surface area contributed by atoms with Crippen molar-refractivity contribution in [3.8, 4) is 11.3 Å². The van der Waals surface area contributed by atoms with Gasteiger partial charge in [-0.3, -0.25) is 0 Å². The number of alkyl halides is 1. The number of para-hydroxylation sites is 1. The first kappa shape index (κ1) is 17.0. The van der Waals surface area contributed by atoms with Crippen LogP contribution in [-0.2, 0) is 6.42 Å². The number of aromatic nitrogens is 1. The fourth-order valence-electron chi connectivity index (χ4n) is 3.30. The number of hydrogen-bond donors (Lipinski definition) is 0. The van der Waals surface area contributed by atoms with Crippen LogP contribution in [-0.4, -0.2) is 10.9 Å². The molecule has 0 fully saturated rings. The summed E-state index contributed by atoms with van der Waals surface area (Å²) in [6.07, 6.45) is 4.46. The smallest absolute Gasteiger partial charge is 0.0741 e. The zero-order valence-corrected chi connectivity index (χ0v) is 15.2. The molecule has 0 atom stereocenters. The highest BCUT2D eigenvalue weighted by molar-refractivity contribution is 6.17. The Labute approximate surface area is 149 Å². The summed E-state index contributed by atoms with van der Waals surface area (Å²) in [5.74, 6) is 0.750. The Balaban J connectivity index is 2.05. The lowest BCUT2D eigenvalue weighted by Crippen LogP contribution is -1.96. The van der Waals surface area contributed by atoms with Crippen LogP contribution in [0.25, 0.3) is 22.2 Å². The van der Waals surface area contributed by atoms with Crippen molar-refractivity contribution in [2.45, 2.75) is 39.5 Å². The minimum absolute atomic E-state index is 0.750. The quantitative estimate of drug-likeness (QED) is 0.371. The number of benzene rings is 2. The van der Waals surface area contributed by atoms with Crippen LogP contribution in [0.5, 0.6) is 0 Å². The molecule has 3 aromatic rings. The monoisotopic (exact) mass is 337 g/mol. The zero-order chi connectivity index (χ0) is 16.9. The van der Waals surface area contributed by atoms with Crippen LogP contribution in [0, 0.1) is 13.8 Å². The van der Waals surface area contributed by atoms with Gasteiger partial charge in [0.1, 0.15) is 0 Å². The van der Waals surface area contributed by atoms with Crippen LogP contribution < -0.4 is 0 Å². The Hall–Kier alpha value is -1.86. The van der Waals surface area contributed by atoms with E-state index in [0.29, 0.717) is 0 Å². The molecule has 0 saturated heterocycles. The number of pyridine rings is 1. The molecule has 0 bridgehead atoms. The zero-order valence-electron chi connectivity index (χ0n) is 14.5. The van der Waals surface area contributed by atoms with E-state index < -0.39 is 0 Å². The number of aryl methyl sites for hydroxylation is 3. The maximum absolute atomic E-state index is 5.81. The molecule has 2 aromatic carbocycles. The number of nitrogens with zero attached hydrogens (tertiary/aromatic N) is 1. The second kappa shape index (κ2) is 7.81. The van der Waals surface area contributed by atoms with Crippen molar-refractivity contribution in [3.05, 3.63) is 65.2 Å². The molecule has 24 heavy (non-hydrogen) atoms. The highest BCUT2D eigenvalue weighted by atomic mass is 35.5. The molecule has 0 N–H and O–H groups in total. The van der Waals surface area contributed by atoms with Crippen molar-refractivity contribution < 1.29 is 0 Å². The minimum Gasteiger partial charge on any atom is -0.248 e. The topological polar surface area (TPSA) is 12.9 Å². The van der Waals surface area contributed by atoms with E-state index in [2.05, 4.69) is 62.4 Å². The molecule has 3 rings (SSSR count). The van der Waals surface area contributed by atoms with Gasteiger partial charge in [0, 0.05) is 16.8 Å². The summed E-state index contributed by atoms with van der Waals surface area (Å²) in [6.45, 7) is 4.30. The lowest BCUT2D eigenvalue weighted by atomic mass is 9.96. The number of unbranched alkanes of at least 4 members (excludes halogenated alkanes) is 2. The van der Waals surface area contributed by atoms with E-state index in [0.717, 1.165) is 36.4 Å². The fourth-order valence-corrected chi connectivity index (χ4v) is 3.49. The van der Waals surface area contributed by atoms with Gasteiger partial charge < -0.3 is 0 Å². The van der Waals surface area contributed by atoms with Gasteiger partial charge in [-0.1, -0.05) is 41.8 Å². The third-order valence-corrected chi connectivity index (χ3v) is 4.65. The summed E-state index contributed by atoms with van der Waals surface area (Å²) in [7, 11) is 0. The van der Waals surface area contributed by atoms with E-state index in [4.69, 9.17) is 16.6 Å². The van der Waals surface area contributed by atoms with Crippen molar-refractivity contribution in [1.82, 2.24) is 4.98 Å². The predicted octanol–water partition coefficient (Wildman–Crippen LogP) is 6.47. The minimum atomic E-state index is 0.750. The third kappa shape index (κ3) is 3.96. The molecule has 0 radical (unpaired) electrons. The normalized spacial score (nSPS) is 11.1. The van der Waals surface area contributed by atoms with Gasteiger partial charge in [-0.05, 0) is 62.9 Å². The van der Waals surface area contributed by atoms with Crippen LogP contribution in [0.1, 0.15) is 36.0 Å². The summed E-state index contributed by atoms with van der Waals surface area (Å²) in [5.41, 5.74) is 7.34. The first-order valence-corrected chi connectivity index (χ1v) is 9.24. The number of rotatable bonds is 6. The van der Waals surface area contributed by atoms with Crippen LogP contribution >= 0.6 is 11.6 Å². The summed E-state index contributed by atoms with van der Waals surface area (Å²) < 4.78 is 0. The van der Waals surface area contributed by atoms with Gasteiger partial charge in [-0.15, -0.1) is 11.6 Å². The number of halogens is 1. The second-order valence-corrected chi connectivity index (χ2v) is 6.94. The fraction of sp³-hybridized carbons (Fsp3) is 0.318. The maximum Gasteiger partial charge on any atom is 0.0741 e. The van der Waals surface area contributed by atoms with Gasteiger partial charge in [-0.2, -0.15) is 0 Å². The van der Waals surface area contributed by atoms with Gasteiger partial charge in [0.25, 0.3) is 0 Å². The van der Waals surface area contributed by atoms with E-state index in [9.17, 15) is 0 Å². The molecule has 0 spiro atoms. The van der Waals surface area contributed by atoms with E-state index in [1.165, 1.54) is 34.1 Å². The van der Waals surface area contributed by atoms with Gasteiger partial charge in [-0.25, -0.2) is 4.98 Å².